The number of anilines is 1. The number of aromatic nitrogens is 1. The van der Waals surface area contributed by atoms with Crippen LogP contribution in [0.3, 0.4) is 0 Å². The van der Waals surface area contributed by atoms with Crippen molar-refractivity contribution in [2.45, 2.75) is 39.8 Å². The monoisotopic (exact) mass is 269 g/mol. The summed E-state index contributed by atoms with van der Waals surface area (Å²) in [6.45, 7) is 11.1. The van der Waals surface area contributed by atoms with Crippen molar-refractivity contribution in [3.8, 4) is 0 Å². The number of rotatable bonds is 4. The molecular weight excluding hydrogens is 246 g/mol. The number of hydrogen-bond acceptors (Lipinski definition) is 5. The summed E-state index contributed by atoms with van der Waals surface area (Å²) >= 11 is 1.81. The van der Waals surface area contributed by atoms with Gasteiger partial charge in [-0.25, -0.2) is 4.98 Å². The Balaban J connectivity index is 2.02. The van der Waals surface area contributed by atoms with Crippen LogP contribution >= 0.6 is 11.3 Å². The van der Waals surface area contributed by atoms with Gasteiger partial charge in [-0.2, -0.15) is 0 Å². The topological polar surface area (TPSA) is 37.4 Å². The van der Waals surface area contributed by atoms with Gasteiger partial charge in [-0.1, -0.05) is 13.8 Å². The second-order valence-electron chi connectivity index (χ2n) is 4.99. The van der Waals surface area contributed by atoms with Crippen LogP contribution in [0.15, 0.2) is 0 Å². The second kappa shape index (κ2) is 6.50. The summed E-state index contributed by atoms with van der Waals surface area (Å²) in [7, 11) is 0. The molecule has 1 aliphatic rings. The molecule has 1 saturated heterocycles. The number of nitrogens with zero attached hydrogens (tertiary/aromatic N) is 2. The van der Waals surface area contributed by atoms with Crippen molar-refractivity contribution in [1.82, 2.24) is 10.3 Å². The summed E-state index contributed by atoms with van der Waals surface area (Å²) in [6.07, 6.45) is 1.10. The molecular formula is C13H23N3OS. The van der Waals surface area contributed by atoms with Crippen LogP contribution in [0.2, 0.25) is 0 Å². The molecule has 1 fully saturated rings. The highest BCUT2D eigenvalue weighted by molar-refractivity contribution is 7.15. The van der Waals surface area contributed by atoms with Crippen molar-refractivity contribution < 1.29 is 4.74 Å². The fraction of sp³-hybridized carbons (Fsp3) is 0.769. The first kappa shape index (κ1) is 13.8. The third kappa shape index (κ3) is 3.67. The highest BCUT2D eigenvalue weighted by atomic mass is 32.1. The average Bonchev–Trinajstić information content (AvgIpc) is 2.55. The van der Waals surface area contributed by atoms with Crippen LogP contribution in [-0.2, 0) is 11.3 Å². The Morgan fingerprint density at radius 2 is 2.22 bits per heavy atom. The Labute approximate surface area is 113 Å². The lowest BCUT2D eigenvalue weighted by Gasteiger charge is -2.17. The molecule has 0 bridgehead atoms. The van der Waals surface area contributed by atoms with Crippen molar-refractivity contribution in [3.05, 3.63) is 10.6 Å². The van der Waals surface area contributed by atoms with Gasteiger partial charge in [0.25, 0.3) is 0 Å². The SMILES string of the molecule is Cc1nc(N2CCCOCC2)sc1CNC(C)C. The number of aryl methyl sites for hydroxylation is 1. The predicted molar refractivity (Wildman–Crippen MR) is 76.5 cm³/mol. The van der Waals surface area contributed by atoms with Gasteiger partial charge in [-0.15, -0.1) is 11.3 Å². The molecule has 5 heteroatoms. The number of nitrogens with one attached hydrogen (secondary N) is 1. The average molecular weight is 269 g/mol. The van der Waals surface area contributed by atoms with Gasteiger partial charge in [-0.3, -0.25) is 0 Å². The van der Waals surface area contributed by atoms with E-state index in [0.717, 1.165) is 50.1 Å². The van der Waals surface area contributed by atoms with Crippen molar-refractivity contribution in [1.29, 1.82) is 0 Å². The van der Waals surface area contributed by atoms with E-state index in [1.165, 1.54) is 4.88 Å². The zero-order valence-electron chi connectivity index (χ0n) is 11.5. The Hall–Kier alpha value is -0.650. The summed E-state index contributed by atoms with van der Waals surface area (Å²) in [5, 5.41) is 4.61. The lowest BCUT2D eigenvalue weighted by atomic mass is 10.3. The highest BCUT2D eigenvalue weighted by Gasteiger charge is 2.15. The minimum atomic E-state index is 0.515. The van der Waals surface area contributed by atoms with Crippen molar-refractivity contribution in [2.24, 2.45) is 0 Å². The van der Waals surface area contributed by atoms with Crippen LogP contribution < -0.4 is 10.2 Å². The van der Waals surface area contributed by atoms with E-state index in [1.807, 2.05) is 11.3 Å². The van der Waals surface area contributed by atoms with Gasteiger partial charge in [0.05, 0.1) is 12.3 Å². The van der Waals surface area contributed by atoms with Crippen LogP contribution in [0.1, 0.15) is 30.8 Å². The fourth-order valence-corrected chi connectivity index (χ4v) is 3.01. The minimum Gasteiger partial charge on any atom is -0.380 e. The first-order valence-electron chi connectivity index (χ1n) is 6.69. The van der Waals surface area contributed by atoms with E-state index in [0.29, 0.717) is 6.04 Å². The van der Waals surface area contributed by atoms with Crippen LogP contribution in [0.5, 0.6) is 0 Å². The Morgan fingerprint density at radius 1 is 1.39 bits per heavy atom. The lowest BCUT2D eigenvalue weighted by Crippen LogP contribution is -2.25. The fourth-order valence-electron chi connectivity index (χ4n) is 1.95. The van der Waals surface area contributed by atoms with Gasteiger partial charge in [0.2, 0.25) is 0 Å². The summed E-state index contributed by atoms with van der Waals surface area (Å²) in [5.74, 6) is 0. The molecule has 1 aromatic heterocycles. The molecule has 1 aliphatic heterocycles. The highest BCUT2D eigenvalue weighted by Crippen LogP contribution is 2.26. The maximum Gasteiger partial charge on any atom is 0.185 e. The maximum absolute atomic E-state index is 5.49. The summed E-state index contributed by atoms with van der Waals surface area (Å²) in [6, 6.07) is 0.515. The van der Waals surface area contributed by atoms with Gasteiger partial charge in [-0.05, 0) is 13.3 Å². The van der Waals surface area contributed by atoms with Crippen molar-refractivity contribution in [3.63, 3.8) is 0 Å². The Bertz CT molecular complexity index is 370. The van der Waals surface area contributed by atoms with Crippen molar-refractivity contribution >= 4 is 16.5 Å². The van der Waals surface area contributed by atoms with Crippen molar-refractivity contribution in [2.75, 3.05) is 31.2 Å². The van der Waals surface area contributed by atoms with E-state index in [1.54, 1.807) is 0 Å². The largest absolute Gasteiger partial charge is 0.380 e. The van der Waals surface area contributed by atoms with E-state index >= 15 is 0 Å². The Kier molecular flexibility index (Phi) is 4.97. The lowest BCUT2D eigenvalue weighted by molar-refractivity contribution is 0.152. The smallest absolute Gasteiger partial charge is 0.185 e. The van der Waals surface area contributed by atoms with Crippen LogP contribution in [-0.4, -0.2) is 37.3 Å². The normalized spacial score (nSPS) is 17.2. The third-order valence-electron chi connectivity index (χ3n) is 3.05. The summed E-state index contributed by atoms with van der Waals surface area (Å²) in [4.78, 5) is 8.40. The molecule has 102 valence electrons. The number of hydrogen-bond donors (Lipinski definition) is 1. The van der Waals surface area contributed by atoms with Gasteiger partial charge >= 0.3 is 0 Å². The van der Waals surface area contributed by atoms with Gasteiger partial charge in [0.15, 0.2) is 5.13 Å². The quantitative estimate of drug-likeness (QED) is 0.909. The summed E-state index contributed by atoms with van der Waals surface area (Å²) < 4.78 is 5.49. The van der Waals surface area contributed by atoms with E-state index in [9.17, 15) is 0 Å². The zero-order valence-corrected chi connectivity index (χ0v) is 12.3. The number of thiazole rings is 1. The molecule has 0 unspecified atom stereocenters. The molecule has 4 nitrogen and oxygen atoms in total. The third-order valence-corrected chi connectivity index (χ3v) is 4.26. The van der Waals surface area contributed by atoms with Crippen LogP contribution in [0.4, 0.5) is 5.13 Å². The molecule has 1 N–H and O–H groups in total. The van der Waals surface area contributed by atoms with Gasteiger partial charge in [0.1, 0.15) is 0 Å². The second-order valence-corrected chi connectivity index (χ2v) is 6.06. The molecule has 0 amide bonds. The predicted octanol–water partition coefficient (Wildman–Crippen LogP) is 2.18. The molecule has 2 heterocycles. The maximum atomic E-state index is 5.49. The number of ether oxygens (including phenoxy) is 1. The van der Waals surface area contributed by atoms with E-state index in [-0.39, 0.29) is 0 Å². The molecule has 2 rings (SSSR count). The molecule has 0 saturated carbocycles. The summed E-state index contributed by atoms with van der Waals surface area (Å²) in [5.41, 5.74) is 1.16. The molecule has 0 aliphatic carbocycles. The first-order valence-corrected chi connectivity index (χ1v) is 7.51. The van der Waals surface area contributed by atoms with Gasteiger partial charge in [0, 0.05) is 37.2 Å². The standard InChI is InChI=1S/C13H23N3OS/c1-10(2)14-9-12-11(3)15-13(18-12)16-5-4-7-17-8-6-16/h10,14H,4-9H2,1-3H3. The van der Waals surface area contributed by atoms with E-state index in [2.05, 4.69) is 31.0 Å². The Morgan fingerprint density at radius 3 is 3.00 bits per heavy atom. The molecule has 0 radical (unpaired) electrons. The van der Waals surface area contributed by atoms with Crippen LogP contribution in [0.25, 0.3) is 0 Å². The zero-order chi connectivity index (χ0) is 13.0. The van der Waals surface area contributed by atoms with Crippen LogP contribution in [0, 0.1) is 6.92 Å². The molecule has 0 spiro atoms. The molecule has 0 aromatic carbocycles. The minimum absolute atomic E-state index is 0.515. The molecule has 0 atom stereocenters. The van der Waals surface area contributed by atoms with E-state index in [4.69, 9.17) is 9.72 Å². The molecule has 1 aromatic rings. The molecule has 18 heavy (non-hydrogen) atoms. The van der Waals surface area contributed by atoms with Gasteiger partial charge < -0.3 is 15.0 Å². The van der Waals surface area contributed by atoms with E-state index < -0.39 is 0 Å². The first-order chi connectivity index (χ1) is 8.66.